The second kappa shape index (κ2) is 10.6. The third kappa shape index (κ3) is 5.35. The Labute approximate surface area is 230 Å². The maximum absolute atomic E-state index is 11.9. The molecule has 0 spiro atoms. The normalized spacial score (nSPS) is 17.5. The Kier molecular flexibility index (Phi) is 6.97. The first-order chi connectivity index (χ1) is 18.9. The van der Waals surface area contributed by atoms with Crippen LogP contribution in [-0.2, 0) is 14.8 Å². The van der Waals surface area contributed by atoms with Crippen molar-refractivity contribution in [2.24, 2.45) is 5.10 Å². The van der Waals surface area contributed by atoms with Gasteiger partial charge >= 0.3 is 0 Å². The SMILES string of the molecule is CS(=O)(=O)N1CCN(c2cc3nc(N/N=C/c4c(O)ccc5ccccc45)nc(N4CCOCC4)c3s2)CC1. The van der Waals surface area contributed by atoms with Crippen LogP contribution in [0.15, 0.2) is 47.6 Å². The second-order valence-electron chi connectivity index (χ2n) is 9.51. The van der Waals surface area contributed by atoms with Gasteiger partial charge in [-0.25, -0.2) is 18.8 Å². The number of phenols is 1. The average molecular weight is 568 g/mol. The molecule has 0 unspecified atom stereocenters. The molecule has 2 aromatic heterocycles. The molecule has 0 radical (unpaired) electrons. The van der Waals surface area contributed by atoms with Crippen molar-refractivity contribution >= 4 is 65.3 Å². The van der Waals surface area contributed by atoms with E-state index >= 15 is 0 Å². The summed E-state index contributed by atoms with van der Waals surface area (Å²) in [6.07, 6.45) is 2.84. The number of aromatic hydroxyl groups is 1. The zero-order valence-corrected chi connectivity index (χ0v) is 23.1. The summed E-state index contributed by atoms with van der Waals surface area (Å²) < 4.78 is 31.9. The van der Waals surface area contributed by atoms with Crippen molar-refractivity contribution in [1.82, 2.24) is 14.3 Å². The van der Waals surface area contributed by atoms with Gasteiger partial charge in [0, 0.05) is 44.8 Å². The number of phenolic OH excluding ortho intramolecular Hbond substituents is 1. The van der Waals surface area contributed by atoms with Crippen molar-refractivity contribution in [3.63, 3.8) is 0 Å². The molecule has 13 heteroatoms. The van der Waals surface area contributed by atoms with E-state index in [0.717, 1.165) is 44.9 Å². The Morgan fingerprint density at radius 2 is 1.79 bits per heavy atom. The third-order valence-corrected chi connectivity index (χ3v) is 9.46. The van der Waals surface area contributed by atoms with Gasteiger partial charge in [-0.1, -0.05) is 30.3 Å². The molecule has 0 amide bonds. The van der Waals surface area contributed by atoms with E-state index in [0.29, 0.717) is 50.9 Å². The van der Waals surface area contributed by atoms with E-state index in [1.807, 2.05) is 36.4 Å². The van der Waals surface area contributed by atoms with Crippen molar-refractivity contribution in [1.29, 1.82) is 0 Å². The number of ether oxygens (including phenoxy) is 1. The largest absolute Gasteiger partial charge is 0.507 e. The summed E-state index contributed by atoms with van der Waals surface area (Å²) in [6, 6.07) is 13.4. The van der Waals surface area contributed by atoms with Gasteiger partial charge in [-0.2, -0.15) is 14.4 Å². The number of morpholine rings is 1. The Hall–Kier alpha value is -3.52. The number of hydrogen-bond donors (Lipinski definition) is 2. The van der Waals surface area contributed by atoms with E-state index < -0.39 is 10.0 Å². The van der Waals surface area contributed by atoms with Gasteiger partial charge in [-0.3, -0.25) is 0 Å². The van der Waals surface area contributed by atoms with Crippen LogP contribution in [0.3, 0.4) is 0 Å². The highest BCUT2D eigenvalue weighted by Crippen LogP contribution is 2.38. The fourth-order valence-corrected chi connectivity index (χ4v) is 6.91. The molecule has 2 N–H and O–H groups in total. The molecule has 204 valence electrons. The Morgan fingerprint density at radius 3 is 2.56 bits per heavy atom. The number of nitrogens with one attached hydrogen (secondary N) is 1. The molecule has 2 fully saturated rings. The van der Waals surface area contributed by atoms with Gasteiger partial charge in [-0.15, -0.1) is 11.3 Å². The van der Waals surface area contributed by atoms with Crippen molar-refractivity contribution < 1.29 is 18.3 Å². The third-order valence-electron chi connectivity index (χ3n) is 6.98. The lowest BCUT2D eigenvalue weighted by molar-refractivity contribution is 0.122. The first-order valence-corrected chi connectivity index (χ1v) is 15.4. The molecule has 39 heavy (non-hydrogen) atoms. The fourth-order valence-electron chi connectivity index (χ4n) is 4.91. The lowest BCUT2D eigenvalue weighted by Crippen LogP contribution is -2.48. The minimum atomic E-state index is -3.20. The summed E-state index contributed by atoms with van der Waals surface area (Å²) in [5.74, 6) is 1.31. The lowest BCUT2D eigenvalue weighted by atomic mass is 10.0. The topological polar surface area (TPSA) is 123 Å². The Morgan fingerprint density at radius 1 is 1.03 bits per heavy atom. The minimum Gasteiger partial charge on any atom is -0.507 e. The van der Waals surface area contributed by atoms with Gasteiger partial charge < -0.3 is 19.6 Å². The number of nitrogens with zero attached hydrogens (tertiary/aromatic N) is 6. The zero-order valence-electron chi connectivity index (χ0n) is 21.4. The number of piperazine rings is 1. The van der Waals surface area contributed by atoms with E-state index in [1.54, 1.807) is 23.6 Å². The van der Waals surface area contributed by atoms with Crippen LogP contribution >= 0.6 is 11.3 Å². The van der Waals surface area contributed by atoms with E-state index in [2.05, 4.69) is 20.3 Å². The highest BCUT2D eigenvalue weighted by molar-refractivity contribution is 7.88. The number of fused-ring (bicyclic) bond motifs is 2. The van der Waals surface area contributed by atoms with Crippen molar-refractivity contribution in [2.75, 3.05) is 74.0 Å². The van der Waals surface area contributed by atoms with Gasteiger partial charge in [0.1, 0.15) is 5.75 Å². The molecule has 0 saturated carbocycles. The van der Waals surface area contributed by atoms with E-state index in [-0.39, 0.29) is 5.75 Å². The van der Waals surface area contributed by atoms with E-state index in [1.165, 1.54) is 10.6 Å². The number of aromatic nitrogens is 2. The highest BCUT2D eigenvalue weighted by atomic mass is 32.2. The first-order valence-electron chi connectivity index (χ1n) is 12.7. The summed E-state index contributed by atoms with van der Waals surface area (Å²) in [5, 5.41) is 17.7. The van der Waals surface area contributed by atoms with Gasteiger partial charge in [0.15, 0.2) is 5.82 Å². The number of hydrazone groups is 1. The van der Waals surface area contributed by atoms with Crippen LogP contribution in [0.2, 0.25) is 0 Å². The fraction of sp³-hybridized carbons (Fsp3) is 0.346. The predicted molar refractivity (Wildman–Crippen MR) is 156 cm³/mol. The number of hydrogen-bond acceptors (Lipinski definition) is 11. The van der Waals surface area contributed by atoms with E-state index in [9.17, 15) is 13.5 Å². The number of sulfonamides is 1. The molecule has 2 saturated heterocycles. The van der Waals surface area contributed by atoms with Gasteiger partial charge in [0.05, 0.1) is 40.9 Å². The van der Waals surface area contributed by atoms with Gasteiger partial charge in [0.2, 0.25) is 16.0 Å². The van der Waals surface area contributed by atoms with Crippen LogP contribution in [0.4, 0.5) is 16.8 Å². The van der Waals surface area contributed by atoms with E-state index in [4.69, 9.17) is 14.7 Å². The molecule has 0 atom stereocenters. The first kappa shape index (κ1) is 25.7. The van der Waals surface area contributed by atoms with Gasteiger partial charge in [0.25, 0.3) is 0 Å². The monoisotopic (exact) mass is 567 g/mol. The van der Waals surface area contributed by atoms with Crippen LogP contribution in [0.1, 0.15) is 5.56 Å². The van der Waals surface area contributed by atoms with Crippen molar-refractivity contribution in [3.05, 3.63) is 48.0 Å². The molecule has 4 heterocycles. The maximum atomic E-state index is 11.9. The molecule has 0 bridgehead atoms. The average Bonchev–Trinajstić information content (AvgIpc) is 3.38. The summed E-state index contributed by atoms with van der Waals surface area (Å²) in [7, 11) is -3.20. The predicted octanol–water partition coefficient (Wildman–Crippen LogP) is 2.91. The molecular weight excluding hydrogens is 538 g/mol. The van der Waals surface area contributed by atoms with Crippen LogP contribution in [0.5, 0.6) is 5.75 Å². The van der Waals surface area contributed by atoms with Crippen LogP contribution in [-0.4, -0.2) is 92.8 Å². The number of benzene rings is 2. The van der Waals surface area contributed by atoms with Crippen LogP contribution in [0.25, 0.3) is 21.0 Å². The minimum absolute atomic E-state index is 0.142. The molecule has 0 aliphatic carbocycles. The van der Waals surface area contributed by atoms with Crippen LogP contribution in [0, 0.1) is 0 Å². The smallest absolute Gasteiger partial charge is 0.246 e. The molecule has 2 aliphatic heterocycles. The number of rotatable bonds is 6. The standard InChI is InChI=1S/C26H29N7O4S2/c1-39(35,36)33-10-8-31(9-11-33)23-16-21-24(38-23)25(32-12-14-37-15-13-32)29-26(28-21)30-27-17-20-19-5-3-2-4-18(19)6-7-22(20)34/h2-7,16-17,34H,8-15H2,1H3,(H,28,29,30)/b27-17+. The Balaban J connectivity index is 1.30. The number of anilines is 3. The Bertz CT molecular complexity index is 1640. The lowest BCUT2D eigenvalue weighted by Gasteiger charge is -2.33. The molecule has 2 aromatic carbocycles. The number of thiophene rings is 1. The summed E-state index contributed by atoms with van der Waals surface area (Å²) in [6.45, 7) is 4.83. The summed E-state index contributed by atoms with van der Waals surface area (Å²) in [4.78, 5) is 14.0. The van der Waals surface area contributed by atoms with Crippen LogP contribution < -0.4 is 15.2 Å². The maximum Gasteiger partial charge on any atom is 0.246 e. The summed E-state index contributed by atoms with van der Waals surface area (Å²) >= 11 is 1.62. The van der Waals surface area contributed by atoms with Crippen molar-refractivity contribution in [2.45, 2.75) is 0 Å². The zero-order chi connectivity index (χ0) is 27.0. The molecule has 6 rings (SSSR count). The summed E-state index contributed by atoms with van der Waals surface area (Å²) in [5.41, 5.74) is 4.37. The molecule has 2 aliphatic rings. The highest BCUT2D eigenvalue weighted by Gasteiger charge is 2.26. The molecule has 4 aromatic rings. The molecular formula is C26H29N7O4S2. The quantitative estimate of drug-likeness (QED) is 0.267. The van der Waals surface area contributed by atoms with Crippen molar-refractivity contribution in [3.8, 4) is 5.75 Å². The molecule has 11 nitrogen and oxygen atoms in total. The second-order valence-corrected chi connectivity index (χ2v) is 12.5. The van der Waals surface area contributed by atoms with Gasteiger partial charge in [-0.05, 0) is 22.9 Å².